The maximum Gasteiger partial charge on any atom is 0.246 e. The number of amides is 2. The molecular formula is C18H19ClFN3O2. The fourth-order valence-corrected chi connectivity index (χ4v) is 2.37. The van der Waals surface area contributed by atoms with E-state index < -0.39 is 11.9 Å². The Morgan fingerprint density at radius 2 is 1.84 bits per heavy atom. The minimum Gasteiger partial charge on any atom is -0.374 e. The van der Waals surface area contributed by atoms with Gasteiger partial charge in [-0.2, -0.15) is 0 Å². The van der Waals surface area contributed by atoms with Crippen LogP contribution in [-0.4, -0.2) is 17.9 Å². The van der Waals surface area contributed by atoms with Crippen LogP contribution in [0.5, 0.6) is 0 Å². The van der Waals surface area contributed by atoms with Crippen molar-refractivity contribution in [3.63, 3.8) is 0 Å². The normalized spacial score (nSPS) is 11.6. The molecule has 0 saturated carbocycles. The lowest BCUT2D eigenvalue weighted by atomic mass is 10.2. The summed E-state index contributed by atoms with van der Waals surface area (Å²) >= 11 is 6.04. The molecule has 132 valence electrons. The molecule has 0 saturated heterocycles. The maximum absolute atomic E-state index is 13.7. The fourth-order valence-electron chi connectivity index (χ4n) is 2.20. The predicted octanol–water partition coefficient (Wildman–Crippen LogP) is 4.19. The SMILES string of the molecule is CC(=O)Nc1cc(N[C@H](C)C(=O)Nc2cccc(Cl)c2C)ccc1F. The molecule has 2 rings (SSSR count). The zero-order valence-electron chi connectivity index (χ0n) is 14.1. The Balaban J connectivity index is 2.08. The maximum atomic E-state index is 13.7. The van der Waals surface area contributed by atoms with Crippen LogP contribution in [0.25, 0.3) is 0 Å². The zero-order valence-corrected chi connectivity index (χ0v) is 14.9. The molecule has 25 heavy (non-hydrogen) atoms. The highest BCUT2D eigenvalue weighted by Crippen LogP contribution is 2.24. The van der Waals surface area contributed by atoms with E-state index in [0.29, 0.717) is 16.4 Å². The topological polar surface area (TPSA) is 70.2 Å². The summed E-state index contributed by atoms with van der Waals surface area (Å²) in [5.41, 5.74) is 1.97. The smallest absolute Gasteiger partial charge is 0.246 e. The lowest BCUT2D eigenvalue weighted by Gasteiger charge is -2.17. The second kappa shape index (κ2) is 7.98. The number of carbonyl (C=O) groups excluding carboxylic acids is 2. The van der Waals surface area contributed by atoms with E-state index in [9.17, 15) is 14.0 Å². The molecule has 0 aliphatic carbocycles. The van der Waals surface area contributed by atoms with Crippen molar-refractivity contribution in [2.24, 2.45) is 0 Å². The monoisotopic (exact) mass is 363 g/mol. The van der Waals surface area contributed by atoms with Crippen LogP contribution in [0.4, 0.5) is 21.5 Å². The van der Waals surface area contributed by atoms with E-state index in [4.69, 9.17) is 11.6 Å². The zero-order chi connectivity index (χ0) is 18.6. The molecule has 0 heterocycles. The molecule has 2 aromatic carbocycles. The Hall–Kier alpha value is -2.60. The fraction of sp³-hybridized carbons (Fsp3) is 0.222. The van der Waals surface area contributed by atoms with Gasteiger partial charge in [-0.3, -0.25) is 9.59 Å². The van der Waals surface area contributed by atoms with E-state index in [0.717, 1.165) is 5.56 Å². The van der Waals surface area contributed by atoms with Gasteiger partial charge in [0, 0.05) is 23.3 Å². The molecule has 7 heteroatoms. The second-order valence-corrected chi connectivity index (χ2v) is 6.05. The van der Waals surface area contributed by atoms with Gasteiger partial charge in [0.2, 0.25) is 11.8 Å². The summed E-state index contributed by atoms with van der Waals surface area (Å²) in [5.74, 6) is -1.19. The van der Waals surface area contributed by atoms with Crippen LogP contribution >= 0.6 is 11.6 Å². The first kappa shape index (κ1) is 18.7. The van der Waals surface area contributed by atoms with Crippen LogP contribution in [0.2, 0.25) is 5.02 Å². The molecule has 0 bridgehead atoms. The summed E-state index contributed by atoms with van der Waals surface area (Å²) in [7, 11) is 0. The van der Waals surface area contributed by atoms with Crippen molar-refractivity contribution in [3.8, 4) is 0 Å². The summed E-state index contributed by atoms with van der Waals surface area (Å²) in [6, 6.07) is 8.83. The second-order valence-electron chi connectivity index (χ2n) is 5.64. The number of hydrogen-bond acceptors (Lipinski definition) is 3. The van der Waals surface area contributed by atoms with Gasteiger partial charge in [-0.05, 0) is 49.7 Å². The van der Waals surface area contributed by atoms with Gasteiger partial charge in [0.25, 0.3) is 0 Å². The standard InChI is InChI=1S/C18H19ClFN3O2/c1-10-14(19)5-4-6-16(10)23-18(25)11(2)21-13-7-8-15(20)17(9-13)22-12(3)24/h4-9,11,21H,1-3H3,(H,22,24)(H,23,25)/t11-/m1/s1. The summed E-state index contributed by atoms with van der Waals surface area (Å²) in [6.45, 7) is 4.79. The van der Waals surface area contributed by atoms with E-state index in [-0.39, 0.29) is 17.5 Å². The summed E-state index contributed by atoms with van der Waals surface area (Å²) in [6.07, 6.45) is 0. The molecule has 0 aliphatic rings. The minimum absolute atomic E-state index is 0.0517. The molecule has 0 unspecified atom stereocenters. The van der Waals surface area contributed by atoms with Crippen LogP contribution in [-0.2, 0) is 9.59 Å². The number of halogens is 2. The van der Waals surface area contributed by atoms with Crippen LogP contribution in [0.1, 0.15) is 19.4 Å². The summed E-state index contributed by atoms with van der Waals surface area (Å²) < 4.78 is 13.7. The minimum atomic E-state index is -0.589. The molecule has 0 aromatic heterocycles. The van der Waals surface area contributed by atoms with Crippen LogP contribution in [0.3, 0.4) is 0 Å². The van der Waals surface area contributed by atoms with Crippen LogP contribution < -0.4 is 16.0 Å². The lowest BCUT2D eigenvalue weighted by molar-refractivity contribution is -0.116. The highest BCUT2D eigenvalue weighted by atomic mass is 35.5. The van der Waals surface area contributed by atoms with Crippen LogP contribution in [0.15, 0.2) is 36.4 Å². The Bertz CT molecular complexity index is 811. The number of hydrogen-bond donors (Lipinski definition) is 3. The molecule has 5 nitrogen and oxygen atoms in total. The third-order valence-corrected chi connectivity index (χ3v) is 3.99. The molecule has 1 atom stereocenters. The number of carbonyl (C=O) groups is 2. The third kappa shape index (κ3) is 4.93. The van der Waals surface area contributed by atoms with Crippen molar-refractivity contribution in [3.05, 3.63) is 52.8 Å². The van der Waals surface area contributed by atoms with Gasteiger partial charge in [0.1, 0.15) is 11.9 Å². The highest BCUT2D eigenvalue weighted by molar-refractivity contribution is 6.31. The Labute approximate surface area is 150 Å². The largest absolute Gasteiger partial charge is 0.374 e. The molecule has 3 N–H and O–H groups in total. The van der Waals surface area contributed by atoms with Gasteiger partial charge in [0.05, 0.1) is 5.69 Å². The van der Waals surface area contributed by atoms with Gasteiger partial charge in [-0.1, -0.05) is 17.7 Å². The Kier molecular flexibility index (Phi) is 5.98. The van der Waals surface area contributed by atoms with E-state index in [1.165, 1.54) is 25.1 Å². The molecule has 0 aliphatic heterocycles. The number of rotatable bonds is 5. The van der Waals surface area contributed by atoms with E-state index >= 15 is 0 Å². The quantitative estimate of drug-likeness (QED) is 0.746. The summed E-state index contributed by atoms with van der Waals surface area (Å²) in [5, 5.41) is 8.74. The molecule has 0 spiro atoms. The van der Waals surface area contributed by atoms with E-state index in [1.807, 2.05) is 6.92 Å². The number of anilines is 3. The van der Waals surface area contributed by atoms with Gasteiger partial charge in [-0.25, -0.2) is 4.39 Å². The van der Waals surface area contributed by atoms with Gasteiger partial charge < -0.3 is 16.0 Å². The van der Waals surface area contributed by atoms with Crippen LogP contribution in [0, 0.1) is 12.7 Å². The predicted molar refractivity (Wildman–Crippen MR) is 98.6 cm³/mol. The third-order valence-electron chi connectivity index (χ3n) is 3.58. The van der Waals surface area contributed by atoms with Gasteiger partial charge in [-0.15, -0.1) is 0 Å². The molecule has 2 aromatic rings. The molecule has 2 amide bonds. The number of nitrogens with one attached hydrogen (secondary N) is 3. The van der Waals surface area contributed by atoms with Crippen molar-refractivity contribution in [1.82, 2.24) is 0 Å². The number of benzene rings is 2. The Morgan fingerprint density at radius 3 is 2.52 bits per heavy atom. The first-order chi connectivity index (χ1) is 11.8. The van der Waals surface area contributed by atoms with Gasteiger partial charge >= 0.3 is 0 Å². The average Bonchev–Trinajstić information content (AvgIpc) is 2.54. The lowest BCUT2D eigenvalue weighted by Crippen LogP contribution is -2.32. The van der Waals surface area contributed by atoms with Gasteiger partial charge in [0.15, 0.2) is 0 Å². The van der Waals surface area contributed by atoms with Crippen molar-refractivity contribution < 1.29 is 14.0 Å². The molecular weight excluding hydrogens is 345 g/mol. The molecule has 0 radical (unpaired) electrons. The van der Waals surface area contributed by atoms with E-state index in [1.54, 1.807) is 25.1 Å². The van der Waals surface area contributed by atoms with Crippen molar-refractivity contribution >= 4 is 40.5 Å². The first-order valence-corrected chi connectivity index (χ1v) is 8.05. The Morgan fingerprint density at radius 1 is 1.12 bits per heavy atom. The van der Waals surface area contributed by atoms with Crippen molar-refractivity contribution in [2.75, 3.05) is 16.0 Å². The summed E-state index contributed by atoms with van der Waals surface area (Å²) in [4.78, 5) is 23.4. The first-order valence-electron chi connectivity index (χ1n) is 7.67. The van der Waals surface area contributed by atoms with Crippen molar-refractivity contribution in [2.45, 2.75) is 26.8 Å². The van der Waals surface area contributed by atoms with Crippen molar-refractivity contribution in [1.29, 1.82) is 0 Å². The van der Waals surface area contributed by atoms with E-state index in [2.05, 4.69) is 16.0 Å². The molecule has 0 fully saturated rings. The highest BCUT2D eigenvalue weighted by Gasteiger charge is 2.15. The average molecular weight is 364 g/mol.